The zero-order valence-electron chi connectivity index (χ0n) is 13.2. The molecule has 1 aromatic carbocycles. The molecule has 0 bridgehead atoms. The summed E-state index contributed by atoms with van der Waals surface area (Å²) in [5.41, 5.74) is 1.49. The van der Waals surface area contributed by atoms with E-state index in [4.69, 9.17) is 0 Å². The largest absolute Gasteiger partial charge is 0.308 e. The minimum absolute atomic E-state index is 0.0369. The molecule has 0 amide bonds. The van der Waals surface area contributed by atoms with E-state index in [2.05, 4.69) is 54.4 Å². The van der Waals surface area contributed by atoms with Gasteiger partial charge in [-0.25, -0.2) is 0 Å². The van der Waals surface area contributed by atoms with E-state index < -0.39 is 0 Å². The quantitative estimate of drug-likeness (QED) is 0.895. The summed E-state index contributed by atoms with van der Waals surface area (Å²) in [5.74, 6) is 0.797. The van der Waals surface area contributed by atoms with Crippen LogP contribution in [0.3, 0.4) is 0 Å². The molecule has 3 rings (SSSR count). The third kappa shape index (κ3) is 2.86. The molecule has 2 unspecified atom stereocenters. The first-order valence-electron chi connectivity index (χ1n) is 8.20. The predicted octanol–water partition coefficient (Wildman–Crippen LogP) is 3.34. The van der Waals surface area contributed by atoms with E-state index in [0.29, 0.717) is 6.42 Å². The summed E-state index contributed by atoms with van der Waals surface area (Å²) in [4.78, 5) is 2.51. The van der Waals surface area contributed by atoms with Crippen molar-refractivity contribution in [2.75, 3.05) is 26.3 Å². The number of nitrogens with zero attached hydrogens (tertiary/aromatic N) is 1. The van der Waals surface area contributed by atoms with E-state index in [0.717, 1.165) is 25.6 Å². The number of piperazine rings is 1. The Hall–Kier alpha value is -0.930. The molecule has 1 saturated heterocycles. The highest BCUT2D eigenvalue weighted by molar-refractivity contribution is 5.26. The van der Waals surface area contributed by atoms with Gasteiger partial charge in [-0.15, -0.1) is 0 Å². The van der Waals surface area contributed by atoms with Crippen molar-refractivity contribution < 1.29 is 4.39 Å². The summed E-state index contributed by atoms with van der Waals surface area (Å²) in [6, 6.07) is 10.7. The fourth-order valence-electron chi connectivity index (χ4n) is 3.76. The Morgan fingerprint density at radius 3 is 2.57 bits per heavy atom. The molecule has 2 nitrogen and oxygen atoms in total. The van der Waals surface area contributed by atoms with E-state index in [1.165, 1.54) is 18.4 Å². The van der Waals surface area contributed by atoms with Crippen molar-refractivity contribution in [2.24, 2.45) is 5.92 Å². The maximum absolute atomic E-state index is 12.7. The molecule has 2 fully saturated rings. The maximum Gasteiger partial charge on any atom is 0.0906 e. The summed E-state index contributed by atoms with van der Waals surface area (Å²) in [6.45, 7) is 7.21. The van der Waals surface area contributed by atoms with Crippen molar-refractivity contribution in [3.05, 3.63) is 35.9 Å². The van der Waals surface area contributed by atoms with Gasteiger partial charge in [-0.3, -0.25) is 9.29 Å². The van der Waals surface area contributed by atoms with E-state index in [1.807, 2.05) is 0 Å². The Bertz CT molecular complexity index is 473. The average molecular weight is 290 g/mol. The second-order valence-corrected chi connectivity index (χ2v) is 7.15. The van der Waals surface area contributed by atoms with Crippen LogP contribution in [0.4, 0.5) is 4.39 Å². The molecule has 2 aliphatic rings. The van der Waals surface area contributed by atoms with Gasteiger partial charge in [0.25, 0.3) is 0 Å². The second-order valence-electron chi connectivity index (χ2n) is 7.15. The highest BCUT2D eigenvalue weighted by atomic mass is 19.1. The monoisotopic (exact) mass is 290 g/mol. The SMILES string of the molecule is CC1(C2CC2)CN(CCCF)C(C)(c2ccccc2)CN1. The van der Waals surface area contributed by atoms with Gasteiger partial charge in [0.05, 0.1) is 12.2 Å². The van der Waals surface area contributed by atoms with Gasteiger partial charge in [0.15, 0.2) is 0 Å². The van der Waals surface area contributed by atoms with Gasteiger partial charge in [-0.1, -0.05) is 30.3 Å². The summed E-state index contributed by atoms with van der Waals surface area (Å²) in [6.07, 6.45) is 3.30. The number of hydrogen-bond acceptors (Lipinski definition) is 2. The second kappa shape index (κ2) is 5.69. The number of benzene rings is 1. The Morgan fingerprint density at radius 1 is 1.24 bits per heavy atom. The first-order valence-corrected chi connectivity index (χ1v) is 8.20. The third-order valence-electron chi connectivity index (χ3n) is 5.49. The molecule has 116 valence electrons. The lowest BCUT2D eigenvalue weighted by Crippen LogP contribution is -2.67. The van der Waals surface area contributed by atoms with Crippen LogP contribution in [0.2, 0.25) is 0 Å². The molecular weight excluding hydrogens is 263 g/mol. The Labute approximate surface area is 127 Å². The zero-order valence-corrected chi connectivity index (χ0v) is 13.2. The van der Waals surface area contributed by atoms with Crippen molar-refractivity contribution in [3.8, 4) is 0 Å². The number of hydrogen-bond donors (Lipinski definition) is 1. The van der Waals surface area contributed by atoms with Crippen molar-refractivity contribution in [2.45, 2.75) is 44.2 Å². The van der Waals surface area contributed by atoms with E-state index >= 15 is 0 Å². The number of nitrogens with one attached hydrogen (secondary N) is 1. The molecule has 1 aromatic rings. The van der Waals surface area contributed by atoms with Crippen LogP contribution in [-0.2, 0) is 5.54 Å². The highest BCUT2D eigenvalue weighted by Crippen LogP contribution is 2.44. The van der Waals surface area contributed by atoms with Gasteiger partial charge in [0, 0.05) is 25.2 Å². The lowest BCUT2D eigenvalue weighted by Gasteiger charge is -2.53. The Balaban J connectivity index is 1.85. The third-order valence-corrected chi connectivity index (χ3v) is 5.49. The van der Waals surface area contributed by atoms with Crippen LogP contribution in [0.15, 0.2) is 30.3 Å². The van der Waals surface area contributed by atoms with Gasteiger partial charge < -0.3 is 5.32 Å². The maximum atomic E-state index is 12.7. The minimum atomic E-state index is -0.227. The lowest BCUT2D eigenvalue weighted by molar-refractivity contribution is 0.00833. The molecule has 1 N–H and O–H groups in total. The summed E-state index contributed by atoms with van der Waals surface area (Å²) in [5, 5.41) is 3.82. The molecule has 1 saturated carbocycles. The predicted molar refractivity (Wildman–Crippen MR) is 85.1 cm³/mol. The molecule has 1 heterocycles. The number of rotatable bonds is 5. The standard InChI is InChI=1S/C18H27FN2/c1-17(15-9-10-15)14-21(12-6-11-19)18(2,13-20-17)16-7-4-3-5-8-16/h3-5,7-8,15,20H,6,9-14H2,1-2H3. The van der Waals surface area contributed by atoms with Gasteiger partial charge in [0.1, 0.15) is 0 Å². The number of alkyl halides is 1. The van der Waals surface area contributed by atoms with Crippen molar-refractivity contribution >= 4 is 0 Å². The van der Waals surface area contributed by atoms with Crippen LogP contribution < -0.4 is 5.32 Å². The molecule has 2 atom stereocenters. The average Bonchev–Trinajstić information content (AvgIpc) is 3.35. The smallest absolute Gasteiger partial charge is 0.0906 e. The fourth-order valence-corrected chi connectivity index (χ4v) is 3.76. The molecule has 1 aliphatic heterocycles. The van der Waals surface area contributed by atoms with E-state index in [1.54, 1.807) is 0 Å². The Morgan fingerprint density at radius 2 is 1.95 bits per heavy atom. The number of halogens is 1. The Kier molecular flexibility index (Phi) is 4.06. The topological polar surface area (TPSA) is 15.3 Å². The molecular formula is C18H27FN2. The zero-order chi connectivity index (χ0) is 14.9. The molecule has 0 aromatic heterocycles. The summed E-state index contributed by atoms with van der Waals surface area (Å²) in [7, 11) is 0. The molecule has 0 radical (unpaired) electrons. The first kappa shape index (κ1) is 15.0. The van der Waals surface area contributed by atoms with Gasteiger partial charge in [-0.2, -0.15) is 0 Å². The molecule has 3 heteroatoms. The molecule has 1 aliphatic carbocycles. The van der Waals surface area contributed by atoms with Gasteiger partial charge in [-0.05, 0) is 44.6 Å². The van der Waals surface area contributed by atoms with Gasteiger partial charge in [0.2, 0.25) is 0 Å². The highest BCUT2D eigenvalue weighted by Gasteiger charge is 2.49. The fraction of sp³-hybridized carbons (Fsp3) is 0.667. The molecule has 21 heavy (non-hydrogen) atoms. The lowest BCUT2D eigenvalue weighted by atomic mass is 9.81. The van der Waals surface area contributed by atoms with Crippen molar-refractivity contribution in [1.82, 2.24) is 10.2 Å². The normalized spacial score (nSPS) is 34.0. The van der Waals surface area contributed by atoms with Crippen molar-refractivity contribution in [3.63, 3.8) is 0 Å². The van der Waals surface area contributed by atoms with Crippen LogP contribution in [0.25, 0.3) is 0 Å². The van der Waals surface area contributed by atoms with E-state index in [9.17, 15) is 4.39 Å². The first-order chi connectivity index (χ1) is 10.1. The van der Waals surface area contributed by atoms with Crippen LogP contribution >= 0.6 is 0 Å². The minimum Gasteiger partial charge on any atom is -0.308 e. The van der Waals surface area contributed by atoms with Gasteiger partial charge >= 0.3 is 0 Å². The van der Waals surface area contributed by atoms with Crippen LogP contribution in [0, 0.1) is 5.92 Å². The van der Waals surface area contributed by atoms with E-state index in [-0.39, 0.29) is 17.8 Å². The van der Waals surface area contributed by atoms with Crippen LogP contribution in [0.5, 0.6) is 0 Å². The summed E-state index contributed by atoms with van der Waals surface area (Å²) < 4.78 is 12.7. The molecule has 0 spiro atoms. The summed E-state index contributed by atoms with van der Waals surface area (Å²) >= 11 is 0. The van der Waals surface area contributed by atoms with Crippen molar-refractivity contribution in [1.29, 1.82) is 0 Å². The van der Waals surface area contributed by atoms with Crippen LogP contribution in [0.1, 0.15) is 38.7 Å². The van der Waals surface area contributed by atoms with Crippen LogP contribution in [-0.4, -0.2) is 36.7 Å².